The molecule has 262 valence electrons. The summed E-state index contributed by atoms with van der Waals surface area (Å²) in [5, 5.41) is 21.0. The zero-order chi connectivity index (χ0) is 35.2. The smallest absolute Gasteiger partial charge is 0.316 e. The molecule has 2 aromatic heterocycles. The number of aromatic nitrogens is 3. The molecule has 0 aromatic carbocycles. The van der Waals surface area contributed by atoms with Crippen LogP contribution in [0.15, 0.2) is 46.9 Å². The molecule has 12 heteroatoms. The van der Waals surface area contributed by atoms with Gasteiger partial charge in [-0.15, -0.1) is 0 Å². The molecule has 0 radical (unpaired) electrons. The summed E-state index contributed by atoms with van der Waals surface area (Å²) in [4.78, 5) is 54.1. The Morgan fingerprint density at radius 2 is 1.88 bits per heavy atom. The number of carbonyl (C=O) groups excluding carboxylic acids is 3. The van der Waals surface area contributed by atoms with Crippen molar-refractivity contribution in [2.24, 2.45) is 39.7 Å². The number of aliphatic imine (C=N–C) groups is 1. The molecule has 0 aliphatic carbocycles. The van der Waals surface area contributed by atoms with Gasteiger partial charge in [0.25, 0.3) is 0 Å². The molecule has 2 saturated heterocycles. The Morgan fingerprint density at radius 1 is 1.15 bits per heavy atom. The van der Waals surface area contributed by atoms with Crippen LogP contribution >= 0.6 is 0 Å². The Labute approximate surface area is 283 Å². The van der Waals surface area contributed by atoms with E-state index in [1.807, 2.05) is 52.1 Å². The van der Waals surface area contributed by atoms with E-state index in [2.05, 4.69) is 20.2 Å². The highest BCUT2D eigenvalue weighted by Gasteiger charge is 2.48. The third-order valence-corrected chi connectivity index (χ3v) is 9.94. The van der Waals surface area contributed by atoms with Gasteiger partial charge >= 0.3 is 5.97 Å². The van der Waals surface area contributed by atoms with Crippen LogP contribution in [0, 0.1) is 29.6 Å². The maximum atomic E-state index is 13.6. The predicted molar refractivity (Wildman–Crippen MR) is 180 cm³/mol. The van der Waals surface area contributed by atoms with Gasteiger partial charge in [0.2, 0.25) is 5.91 Å². The van der Waals surface area contributed by atoms with Crippen molar-refractivity contribution in [1.82, 2.24) is 14.8 Å². The number of rotatable bonds is 5. The van der Waals surface area contributed by atoms with Crippen LogP contribution in [0.3, 0.4) is 0 Å². The summed E-state index contributed by atoms with van der Waals surface area (Å²) in [7, 11) is 0. The van der Waals surface area contributed by atoms with E-state index in [0.29, 0.717) is 49.3 Å². The van der Waals surface area contributed by atoms with Gasteiger partial charge in [0.15, 0.2) is 5.82 Å². The lowest BCUT2D eigenvalue weighted by Gasteiger charge is -2.43. The normalized spacial score (nSPS) is 34.2. The van der Waals surface area contributed by atoms with E-state index in [9.17, 15) is 19.5 Å². The largest absolute Gasteiger partial charge is 0.459 e. The van der Waals surface area contributed by atoms with Crippen LogP contribution in [0.1, 0.15) is 93.1 Å². The van der Waals surface area contributed by atoms with E-state index >= 15 is 0 Å². The summed E-state index contributed by atoms with van der Waals surface area (Å²) < 4.78 is 14.2. The van der Waals surface area contributed by atoms with Gasteiger partial charge in [-0.3, -0.25) is 14.4 Å². The molecule has 2 aliphatic rings. The van der Waals surface area contributed by atoms with Crippen LogP contribution in [0.25, 0.3) is 5.82 Å². The minimum absolute atomic E-state index is 0.130. The molecule has 2 bridgehead atoms. The Bertz CT molecular complexity index is 1490. The lowest BCUT2D eigenvalue weighted by Crippen LogP contribution is -2.53. The SMILES string of the molecule is CC[C@H]1OC(=O)[C@H](C)C(=O)[C@H](C)C[C@@]2(C)C[C@@H](C)C(=NC(C)=O)[C@H](C)[C@@H](CC/C(=N\OCc3ccc(-n4cccn4)nc3)CO2)[C@]1(C)O. The van der Waals surface area contributed by atoms with Crippen LogP contribution < -0.4 is 0 Å². The molecule has 12 nitrogen and oxygen atoms in total. The number of ether oxygens (including phenoxy) is 2. The quantitative estimate of drug-likeness (QED) is 0.255. The summed E-state index contributed by atoms with van der Waals surface area (Å²) in [6.07, 6.45) is 6.23. The lowest BCUT2D eigenvalue weighted by molar-refractivity contribution is -0.178. The monoisotopic (exact) mass is 665 g/mol. The Morgan fingerprint density at radius 3 is 2.50 bits per heavy atom. The molecule has 0 unspecified atom stereocenters. The number of aliphatic hydroxyl groups is 1. The summed E-state index contributed by atoms with van der Waals surface area (Å²) in [6, 6.07) is 5.57. The summed E-state index contributed by atoms with van der Waals surface area (Å²) in [6.45, 7) is 14.5. The van der Waals surface area contributed by atoms with Crippen molar-refractivity contribution in [2.45, 2.75) is 111 Å². The number of cyclic esters (lactones) is 1. The van der Waals surface area contributed by atoms with Crippen molar-refractivity contribution in [1.29, 1.82) is 0 Å². The average molecular weight is 666 g/mol. The van der Waals surface area contributed by atoms with Gasteiger partial charge in [-0.1, -0.05) is 38.9 Å². The van der Waals surface area contributed by atoms with E-state index in [1.165, 1.54) is 6.92 Å². The van der Waals surface area contributed by atoms with Crippen molar-refractivity contribution in [3.05, 3.63) is 42.4 Å². The highest BCUT2D eigenvalue weighted by Crippen LogP contribution is 2.40. The fraction of sp³-hybridized carbons (Fsp3) is 0.639. The van der Waals surface area contributed by atoms with Crippen molar-refractivity contribution < 1.29 is 33.8 Å². The summed E-state index contributed by atoms with van der Waals surface area (Å²) in [5.74, 6) is -3.19. The second kappa shape index (κ2) is 15.6. The second-order valence-corrected chi connectivity index (χ2v) is 14.0. The Kier molecular flexibility index (Phi) is 12.1. The van der Waals surface area contributed by atoms with Crippen molar-refractivity contribution in [3.63, 3.8) is 0 Å². The number of amides is 1. The zero-order valence-corrected chi connectivity index (χ0v) is 29.5. The number of hydrogen-bond acceptors (Lipinski definition) is 10. The number of Topliss-reactive ketones (excluding diaryl/α,β-unsaturated/α-hetero) is 1. The maximum absolute atomic E-state index is 13.6. The molecule has 4 heterocycles. The third-order valence-electron chi connectivity index (χ3n) is 9.94. The molecule has 2 fully saturated rings. The number of ketones is 1. The van der Waals surface area contributed by atoms with Gasteiger partial charge in [-0.2, -0.15) is 5.10 Å². The molecular formula is C36H51N5O7. The van der Waals surface area contributed by atoms with E-state index in [-0.39, 0.29) is 36.7 Å². The maximum Gasteiger partial charge on any atom is 0.316 e. The minimum Gasteiger partial charge on any atom is -0.459 e. The van der Waals surface area contributed by atoms with Gasteiger partial charge < -0.3 is 19.4 Å². The average Bonchev–Trinajstić information content (AvgIpc) is 3.58. The molecule has 8 atom stereocenters. The number of pyridine rings is 1. The lowest BCUT2D eigenvalue weighted by atomic mass is 9.69. The number of carbonyl (C=O) groups is 3. The second-order valence-electron chi connectivity index (χ2n) is 14.0. The van der Waals surface area contributed by atoms with Crippen molar-refractivity contribution >= 4 is 29.1 Å². The first kappa shape index (κ1) is 37.1. The molecule has 1 N–H and O–H groups in total. The van der Waals surface area contributed by atoms with E-state index in [4.69, 9.17) is 14.3 Å². The Balaban J connectivity index is 1.74. The molecule has 4 rings (SSSR count). The van der Waals surface area contributed by atoms with Crippen LogP contribution in [0.4, 0.5) is 0 Å². The van der Waals surface area contributed by atoms with Gasteiger partial charge in [0.1, 0.15) is 30.0 Å². The van der Waals surface area contributed by atoms with E-state index in [1.54, 1.807) is 37.8 Å². The van der Waals surface area contributed by atoms with E-state index < -0.39 is 41.0 Å². The molecular weight excluding hydrogens is 614 g/mol. The fourth-order valence-electron chi connectivity index (χ4n) is 7.40. The molecule has 2 aromatic rings. The van der Waals surface area contributed by atoms with Gasteiger partial charge in [0, 0.05) is 48.6 Å². The third kappa shape index (κ3) is 8.82. The summed E-state index contributed by atoms with van der Waals surface area (Å²) >= 11 is 0. The molecule has 48 heavy (non-hydrogen) atoms. The van der Waals surface area contributed by atoms with Gasteiger partial charge in [-0.25, -0.2) is 14.7 Å². The van der Waals surface area contributed by atoms with Crippen LogP contribution in [-0.2, 0) is 35.3 Å². The van der Waals surface area contributed by atoms with Gasteiger partial charge in [-0.05, 0) is 76.8 Å². The van der Waals surface area contributed by atoms with Crippen LogP contribution in [0.5, 0.6) is 0 Å². The Hall–Kier alpha value is -3.77. The number of fused-ring (bicyclic) bond motifs is 5. The van der Waals surface area contributed by atoms with Crippen molar-refractivity contribution in [2.75, 3.05) is 6.61 Å². The van der Waals surface area contributed by atoms with Crippen LogP contribution in [-0.4, -0.2) is 72.9 Å². The predicted octanol–water partition coefficient (Wildman–Crippen LogP) is 5.29. The molecule has 1 amide bonds. The first-order valence-electron chi connectivity index (χ1n) is 17.0. The van der Waals surface area contributed by atoms with Crippen molar-refractivity contribution in [3.8, 4) is 5.82 Å². The number of esters is 1. The van der Waals surface area contributed by atoms with Crippen LogP contribution in [0.2, 0.25) is 0 Å². The minimum atomic E-state index is -1.54. The fourth-order valence-corrected chi connectivity index (χ4v) is 7.40. The molecule has 2 aliphatic heterocycles. The number of nitrogens with zero attached hydrogens (tertiary/aromatic N) is 5. The first-order chi connectivity index (χ1) is 22.6. The summed E-state index contributed by atoms with van der Waals surface area (Å²) in [5.41, 5.74) is -0.288. The first-order valence-corrected chi connectivity index (χ1v) is 17.0. The zero-order valence-electron chi connectivity index (χ0n) is 29.5. The highest BCUT2D eigenvalue weighted by atomic mass is 16.6. The van der Waals surface area contributed by atoms with Gasteiger partial charge in [0.05, 0.1) is 17.9 Å². The number of hydrogen-bond donors (Lipinski definition) is 1. The van der Waals surface area contributed by atoms with E-state index in [0.717, 1.165) is 5.56 Å². The standard InChI is InChI=1S/C36H51N5O7/c1-9-30-36(8,45)29-13-12-28(40-47-20-27-11-14-31(37-19-27)41-16-10-15-38-41)21-46-35(7,17-22(2)32(24(29)4)39-26(6)42)18-23(3)33(43)25(5)34(44)48-30/h10-11,14-16,19,22-25,29-30,45H,9,12-13,17-18,20-21H2,1-8H3/b39-32?,40-28+/t22-,23-,24-,25-,29-,30-,35-,36+/m1/s1. The number of oxime groups is 1. The topological polar surface area (TPSA) is 155 Å². The molecule has 0 spiro atoms. The molecule has 0 saturated carbocycles. The highest BCUT2D eigenvalue weighted by molar-refractivity contribution is 6.00.